The predicted octanol–water partition coefficient (Wildman–Crippen LogP) is 0.835. The van der Waals surface area contributed by atoms with Gasteiger partial charge in [-0.15, -0.1) is 0 Å². The number of aromatic nitrogens is 3. The van der Waals surface area contributed by atoms with Crippen molar-refractivity contribution >= 4 is 17.7 Å². The first-order valence-electron chi connectivity index (χ1n) is 6.08. The molecule has 0 atom stereocenters. The molecule has 0 aromatic carbocycles. The van der Waals surface area contributed by atoms with Gasteiger partial charge in [0, 0.05) is 19.2 Å². The first-order valence-corrected chi connectivity index (χ1v) is 6.08. The van der Waals surface area contributed by atoms with Crippen molar-refractivity contribution in [1.29, 1.82) is 0 Å². The van der Waals surface area contributed by atoms with Crippen LogP contribution in [0.2, 0.25) is 0 Å². The summed E-state index contributed by atoms with van der Waals surface area (Å²) in [4.78, 5) is 30.3. The van der Waals surface area contributed by atoms with E-state index in [0.29, 0.717) is 18.1 Å². The van der Waals surface area contributed by atoms with Gasteiger partial charge in [-0.3, -0.25) is 0 Å². The largest absolute Gasteiger partial charge is 0.476 e. The number of amides is 2. The fourth-order valence-electron chi connectivity index (χ4n) is 1.57. The SMILES string of the molecule is Cc1noc(CCNC(=O)Nc2cccnc2C(=O)O)n1. The highest BCUT2D eigenvalue weighted by atomic mass is 16.5. The first kappa shape index (κ1) is 14.4. The number of anilines is 1. The van der Waals surface area contributed by atoms with Crippen LogP contribution >= 0.6 is 0 Å². The Kier molecular flexibility index (Phi) is 4.44. The number of hydrogen-bond acceptors (Lipinski definition) is 6. The van der Waals surface area contributed by atoms with Crippen LogP contribution < -0.4 is 10.6 Å². The number of hydrogen-bond donors (Lipinski definition) is 3. The lowest BCUT2D eigenvalue weighted by atomic mass is 10.3. The number of carboxylic acid groups (broad SMARTS) is 1. The number of nitrogens with zero attached hydrogens (tertiary/aromatic N) is 3. The van der Waals surface area contributed by atoms with Crippen LogP contribution in [-0.2, 0) is 6.42 Å². The Labute approximate surface area is 119 Å². The third kappa shape index (κ3) is 4.00. The number of aryl methyl sites for hydroxylation is 1. The topological polar surface area (TPSA) is 130 Å². The summed E-state index contributed by atoms with van der Waals surface area (Å²) in [5, 5.41) is 17.5. The van der Waals surface area contributed by atoms with E-state index >= 15 is 0 Å². The van der Waals surface area contributed by atoms with Gasteiger partial charge in [-0.25, -0.2) is 14.6 Å². The molecule has 0 aliphatic heterocycles. The van der Waals surface area contributed by atoms with Gasteiger partial charge in [0.2, 0.25) is 5.89 Å². The number of nitrogens with one attached hydrogen (secondary N) is 2. The van der Waals surface area contributed by atoms with Crippen LogP contribution in [0, 0.1) is 6.92 Å². The Bertz CT molecular complexity index is 655. The number of urea groups is 1. The predicted molar refractivity (Wildman–Crippen MR) is 71.0 cm³/mol. The molecular formula is C12H13N5O4. The average Bonchev–Trinajstić information content (AvgIpc) is 2.85. The Morgan fingerprint density at radius 1 is 1.43 bits per heavy atom. The van der Waals surface area contributed by atoms with Gasteiger partial charge in [0.15, 0.2) is 11.5 Å². The van der Waals surface area contributed by atoms with Crippen molar-refractivity contribution in [2.24, 2.45) is 0 Å². The molecule has 21 heavy (non-hydrogen) atoms. The minimum Gasteiger partial charge on any atom is -0.476 e. The van der Waals surface area contributed by atoms with E-state index in [-0.39, 0.29) is 17.9 Å². The summed E-state index contributed by atoms with van der Waals surface area (Å²) in [6.07, 6.45) is 1.72. The maximum absolute atomic E-state index is 11.7. The maximum atomic E-state index is 11.7. The molecule has 3 N–H and O–H groups in total. The van der Waals surface area contributed by atoms with Crippen LogP contribution in [0.3, 0.4) is 0 Å². The molecule has 0 saturated heterocycles. The molecule has 0 aliphatic carbocycles. The van der Waals surface area contributed by atoms with E-state index in [2.05, 4.69) is 25.8 Å². The summed E-state index contributed by atoms with van der Waals surface area (Å²) in [5.41, 5.74) is -0.101. The highest BCUT2D eigenvalue weighted by Gasteiger charge is 2.13. The van der Waals surface area contributed by atoms with Crippen molar-refractivity contribution in [3.05, 3.63) is 35.7 Å². The van der Waals surface area contributed by atoms with E-state index in [1.54, 1.807) is 6.92 Å². The van der Waals surface area contributed by atoms with Gasteiger partial charge >= 0.3 is 12.0 Å². The summed E-state index contributed by atoms with van der Waals surface area (Å²) in [6.45, 7) is 1.97. The second kappa shape index (κ2) is 6.46. The van der Waals surface area contributed by atoms with Crippen molar-refractivity contribution in [3.8, 4) is 0 Å². The van der Waals surface area contributed by atoms with E-state index in [1.807, 2.05) is 0 Å². The van der Waals surface area contributed by atoms with E-state index in [0.717, 1.165) is 0 Å². The van der Waals surface area contributed by atoms with E-state index < -0.39 is 12.0 Å². The molecule has 9 nitrogen and oxygen atoms in total. The molecule has 9 heteroatoms. The van der Waals surface area contributed by atoms with Crippen LogP contribution in [-0.4, -0.2) is 38.8 Å². The smallest absolute Gasteiger partial charge is 0.356 e. The summed E-state index contributed by atoms with van der Waals surface area (Å²) in [5.74, 6) is -0.274. The van der Waals surface area contributed by atoms with Gasteiger partial charge in [0.25, 0.3) is 0 Å². The Hall–Kier alpha value is -2.97. The minimum absolute atomic E-state index is 0.121. The lowest BCUT2D eigenvalue weighted by Crippen LogP contribution is -2.31. The molecule has 0 fully saturated rings. The Morgan fingerprint density at radius 3 is 2.90 bits per heavy atom. The molecule has 2 amide bonds. The molecule has 0 radical (unpaired) electrons. The molecular weight excluding hydrogens is 278 g/mol. The molecule has 0 spiro atoms. The van der Waals surface area contributed by atoms with Gasteiger partial charge in [-0.1, -0.05) is 5.16 Å². The van der Waals surface area contributed by atoms with Crippen LogP contribution in [0.15, 0.2) is 22.9 Å². The lowest BCUT2D eigenvalue weighted by Gasteiger charge is -2.08. The fraction of sp³-hybridized carbons (Fsp3) is 0.250. The third-order valence-corrected chi connectivity index (χ3v) is 2.45. The summed E-state index contributed by atoms with van der Waals surface area (Å²) >= 11 is 0. The zero-order valence-corrected chi connectivity index (χ0v) is 11.2. The molecule has 110 valence electrons. The number of carboxylic acids is 1. The van der Waals surface area contributed by atoms with Crippen LogP contribution in [0.1, 0.15) is 22.2 Å². The standard InChI is InChI=1S/C12H13N5O4/c1-7-15-9(21-17-7)4-6-14-12(20)16-8-3-2-5-13-10(8)11(18)19/h2-3,5H,4,6H2,1H3,(H,18,19)(H2,14,16,20). The molecule has 0 unspecified atom stereocenters. The number of pyridine rings is 1. The maximum Gasteiger partial charge on any atom is 0.356 e. The summed E-state index contributed by atoms with van der Waals surface area (Å²) in [7, 11) is 0. The number of carbonyl (C=O) groups is 2. The molecule has 2 rings (SSSR count). The summed E-state index contributed by atoms with van der Waals surface area (Å²) in [6, 6.07) is 2.45. The summed E-state index contributed by atoms with van der Waals surface area (Å²) < 4.78 is 4.89. The Balaban J connectivity index is 1.86. The fourth-order valence-corrected chi connectivity index (χ4v) is 1.57. The zero-order chi connectivity index (χ0) is 15.2. The molecule has 0 bridgehead atoms. The monoisotopic (exact) mass is 291 g/mol. The second-order valence-corrected chi connectivity index (χ2v) is 4.07. The number of carbonyl (C=O) groups excluding carboxylic acids is 1. The molecule has 0 saturated carbocycles. The highest BCUT2D eigenvalue weighted by molar-refractivity contribution is 5.98. The van der Waals surface area contributed by atoms with Gasteiger partial charge in [0.1, 0.15) is 0 Å². The molecule has 2 aromatic heterocycles. The van der Waals surface area contributed by atoms with E-state index in [4.69, 9.17) is 9.63 Å². The highest BCUT2D eigenvalue weighted by Crippen LogP contribution is 2.11. The number of rotatable bonds is 5. The van der Waals surface area contributed by atoms with Gasteiger partial charge in [0.05, 0.1) is 5.69 Å². The average molecular weight is 291 g/mol. The molecule has 2 aromatic rings. The number of aromatic carboxylic acids is 1. The molecule has 2 heterocycles. The first-order chi connectivity index (χ1) is 10.1. The second-order valence-electron chi connectivity index (χ2n) is 4.07. The zero-order valence-electron chi connectivity index (χ0n) is 11.2. The van der Waals surface area contributed by atoms with Crippen molar-refractivity contribution in [1.82, 2.24) is 20.4 Å². The third-order valence-electron chi connectivity index (χ3n) is 2.45. The quantitative estimate of drug-likeness (QED) is 0.743. The van der Waals surface area contributed by atoms with Crippen LogP contribution in [0.4, 0.5) is 10.5 Å². The lowest BCUT2D eigenvalue weighted by molar-refractivity contribution is 0.0691. The van der Waals surface area contributed by atoms with Gasteiger partial charge < -0.3 is 20.3 Å². The van der Waals surface area contributed by atoms with Crippen molar-refractivity contribution < 1.29 is 19.2 Å². The molecule has 0 aliphatic rings. The van der Waals surface area contributed by atoms with E-state index in [9.17, 15) is 9.59 Å². The van der Waals surface area contributed by atoms with E-state index in [1.165, 1.54) is 18.3 Å². The Morgan fingerprint density at radius 2 is 2.24 bits per heavy atom. The normalized spacial score (nSPS) is 10.1. The van der Waals surface area contributed by atoms with Crippen molar-refractivity contribution in [2.75, 3.05) is 11.9 Å². The van der Waals surface area contributed by atoms with Crippen LogP contribution in [0.5, 0.6) is 0 Å². The van der Waals surface area contributed by atoms with Crippen molar-refractivity contribution in [3.63, 3.8) is 0 Å². The van der Waals surface area contributed by atoms with Gasteiger partial charge in [-0.05, 0) is 19.1 Å². The van der Waals surface area contributed by atoms with Crippen molar-refractivity contribution in [2.45, 2.75) is 13.3 Å². The van der Waals surface area contributed by atoms with Crippen LogP contribution in [0.25, 0.3) is 0 Å². The minimum atomic E-state index is -1.22. The van der Waals surface area contributed by atoms with Gasteiger partial charge in [-0.2, -0.15) is 4.98 Å².